The first-order chi connectivity index (χ1) is 10.4. The van der Waals surface area contributed by atoms with Gasteiger partial charge in [-0.15, -0.1) is 10.2 Å². The van der Waals surface area contributed by atoms with Crippen LogP contribution in [0, 0.1) is 0 Å². The lowest BCUT2D eigenvalue weighted by atomic mass is 10.1. The number of methoxy groups -OCH3 is 1. The third kappa shape index (κ3) is 3.44. The van der Waals surface area contributed by atoms with E-state index in [0.717, 1.165) is 0 Å². The molecular weight excluding hydrogens is 331 g/mol. The van der Waals surface area contributed by atoms with E-state index in [1.165, 1.54) is 31.4 Å². The smallest absolute Gasteiger partial charge is 0.340 e. The van der Waals surface area contributed by atoms with Crippen molar-refractivity contribution in [3.8, 4) is 0 Å². The van der Waals surface area contributed by atoms with Gasteiger partial charge in [0.1, 0.15) is 5.82 Å². The zero-order valence-corrected chi connectivity index (χ0v) is 12.8. The predicted octanol–water partition coefficient (Wildman–Crippen LogP) is 2.40. The Labute approximate surface area is 135 Å². The number of amides is 1. The van der Waals surface area contributed by atoms with Crippen LogP contribution in [-0.4, -0.2) is 29.2 Å². The van der Waals surface area contributed by atoms with Crippen molar-refractivity contribution >= 4 is 46.6 Å². The van der Waals surface area contributed by atoms with E-state index in [2.05, 4.69) is 20.3 Å². The molecule has 0 saturated carbocycles. The van der Waals surface area contributed by atoms with Crippen LogP contribution in [0.15, 0.2) is 24.3 Å². The Morgan fingerprint density at radius 2 is 1.86 bits per heavy atom. The summed E-state index contributed by atoms with van der Waals surface area (Å²) in [5, 5.41) is 10.1. The molecule has 0 saturated heterocycles. The molecule has 22 heavy (non-hydrogen) atoms. The number of esters is 1. The highest BCUT2D eigenvalue weighted by Crippen LogP contribution is 2.29. The Morgan fingerprint density at radius 1 is 1.18 bits per heavy atom. The van der Waals surface area contributed by atoms with E-state index >= 15 is 0 Å². The van der Waals surface area contributed by atoms with E-state index in [4.69, 9.17) is 28.9 Å². The van der Waals surface area contributed by atoms with Crippen LogP contribution in [0.3, 0.4) is 0 Å². The molecule has 114 valence electrons. The number of carbonyl (C=O) groups excluding carboxylic acids is 2. The summed E-state index contributed by atoms with van der Waals surface area (Å²) in [6.45, 7) is 0. The Balaban J connectivity index is 2.35. The maximum Gasteiger partial charge on any atom is 0.340 e. The summed E-state index contributed by atoms with van der Waals surface area (Å²) in [5.41, 5.74) is 5.63. The zero-order chi connectivity index (χ0) is 16.3. The maximum atomic E-state index is 12.1. The van der Waals surface area contributed by atoms with E-state index in [9.17, 15) is 9.59 Å². The SMILES string of the molecule is COC(=O)c1cc(Cl)c(Cl)cc1NC(=O)c1ccc(N)nn1. The standard InChI is InChI=1S/C13H10Cl2N4O3/c1-22-13(21)6-4-7(14)8(15)5-10(6)17-12(20)9-2-3-11(16)19-18-9/h2-5H,1H3,(H2,16,19)(H,17,20). The minimum Gasteiger partial charge on any atom is -0.465 e. The van der Waals surface area contributed by atoms with Gasteiger partial charge in [0.2, 0.25) is 0 Å². The second-order valence-corrected chi connectivity index (χ2v) is 4.92. The van der Waals surface area contributed by atoms with Crippen molar-refractivity contribution in [2.24, 2.45) is 0 Å². The number of carbonyl (C=O) groups is 2. The molecule has 3 N–H and O–H groups in total. The largest absolute Gasteiger partial charge is 0.465 e. The lowest BCUT2D eigenvalue weighted by Crippen LogP contribution is -2.17. The molecule has 0 atom stereocenters. The zero-order valence-electron chi connectivity index (χ0n) is 11.3. The number of hydrogen-bond acceptors (Lipinski definition) is 6. The minimum atomic E-state index is -0.669. The molecule has 2 rings (SSSR count). The molecule has 0 radical (unpaired) electrons. The van der Waals surface area contributed by atoms with Crippen LogP contribution in [0.5, 0.6) is 0 Å². The van der Waals surface area contributed by atoms with Gasteiger partial charge < -0.3 is 15.8 Å². The molecule has 0 fully saturated rings. The molecule has 2 aromatic rings. The lowest BCUT2D eigenvalue weighted by Gasteiger charge is -2.11. The van der Waals surface area contributed by atoms with Gasteiger partial charge in [0, 0.05) is 0 Å². The summed E-state index contributed by atoms with van der Waals surface area (Å²) in [7, 11) is 1.21. The van der Waals surface area contributed by atoms with Gasteiger partial charge >= 0.3 is 5.97 Å². The molecule has 0 aliphatic heterocycles. The monoisotopic (exact) mass is 340 g/mol. The molecule has 7 nitrogen and oxygen atoms in total. The molecule has 1 aromatic carbocycles. The Hall–Kier alpha value is -2.38. The number of benzene rings is 1. The van der Waals surface area contributed by atoms with Gasteiger partial charge in [-0.1, -0.05) is 23.2 Å². The van der Waals surface area contributed by atoms with Crippen molar-refractivity contribution in [3.05, 3.63) is 45.6 Å². The molecule has 9 heteroatoms. The lowest BCUT2D eigenvalue weighted by molar-refractivity contribution is 0.0602. The Kier molecular flexibility index (Phi) is 4.79. The molecule has 0 aliphatic carbocycles. The van der Waals surface area contributed by atoms with Gasteiger partial charge in [-0.05, 0) is 24.3 Å². The van der Waals surface area contributed by atoms with Crippen LogP contribution in [0.25, 0.3) is 0 Å². The van der Waals surface area contributed by atoms with Crippen LogP contribution in [0.1, 0.15) is 20.8 Å². The fourth-order valence-corrected chi connectivity index (χ4v) is 1.91. The highest BCUT2D eigenvalue weighted by atomic mass is 35.5. The number of nitrogens with one attached hydrogen (secondary N) is 1. The highest BCUT2D eigenvalue weighted by molar-refractivity contribution is 6.42. The first-order valence-electron chi connectivity index (χ1n) is 5.90. The molecule has 0 aliphatic rings. The van der Waals surface area contributed by atoms with Crippen molar-refractivity contribution in [3.63, 3.8) is 0 Å². The average molecular weight is 341 g/mol. The molecular formula is C13H10Cl2N4O3. The van der Waals surface area contributed by atoms with Gasteiger partial charge in [0.05, 0.1) is 28.4 Å². The molecule has 0 bridgehead atoms. The Bertz CT molecular complexity index is 735. The van der Waals surface area contributed by atoms with Crippen molar-refractivity contribution in [1.29, 1.82) is 0 Å². The van der Waals surface area contributed by atoms with Gasteiger partial charge in [0.25, 0.3) is 5.91 Å². The predicted molar refractivity (Wildman–Crippen MR) is 82.2 cm³/mol. The second kappa shape index (κ2) is 6.59. The number of ether oxygens (including phenoxy) is 1. The van der Waals surface area contributed by atoms with Crippen LogP contribution < -0.4 is 11.1 Å². The average Bonchev–Trinajstić information content (AvgIpc) is 2.50. The van der Waals surface area contributed by atoms with Crippen LogP contribution in [0.4, 0.5) is 11.5 Å². The highest BCUT2D eigenvalue weighted by Gasteiger charge is 2.18. The van der Waals surface area contributed by atoms with Gasteiger partial charge in [-0.25, -0.2) is 4.79 Å². The third-order valence-electron chi connectivity index (χ3n) is 2.63. The normalized spacial score (nSPS) is 10.1. The number of nitrogen functional groups attached to an aromatic ring is 1. The molecule has 0 spiro atoms. The van der Waals surface area contributed by atoms with Crippen molar-refractivity contribution in [1.82, 2.24) is 10.2 Å². The summed E-state index contributed by atoms with van der Waals surface area (Å²) in [6.07, 6.45) is 0. The Morgan fingerprint density at radius 3 is 2.45 bits per heavy atom. The molecule has 0 unspecified atom stereocenters. The summed E-state index contributed by atoms with van der Waals surface area (Å²) >= 11 is 11.8. The van der Waals surface area contributed by atoms with E-state index in [1.54, 1.807) is 0 Å². The number of nitrogens with zero attached hydrogens (tertiary/aromatic N) is 2. The van der Waals surface area contributed by atoms with E-state index in [1.807, 2.05) is 0 Å². The molecule has 1 heterocycles. The number of rotatable bonds is 3. The topological polar surface area (TPSA) is 107 Å². The van der Waals surface area contributed by atoms with Crippen molar-refractivity contribution < 1.29 is 14.3 Å². The van der Waals surface area contributed by atoms with E-state index in [0.29, 0.717) is 0 Å². The van der Waals surface area contributed by atoms with Crippen molar-refractivity contribution in [2.45, 2.75) is 0 Å². The first-order valence-corrected chi connectivity index (χ1v) is 6.66. The van der Waals surface area contributed by atoms with Crippen LogP contribution in [-0.2, 0) is 4.74 Å². The summed E-state index contributed by atoms with van der Waals surface area (Å²) in [6, 6.07) is 5.48. The van der Waals surface area contributed by atoms with Gasteiger partial charge in [0.15, 0.2) is 5.69 Å². The number of halogens is 2. The van der Waals surface area contributed by atoms with Crippen molar-refractivity contribution in [2.75, 3.05) is 18.2 Å². The first kappa shape index (κ1) is 16.0. The summed E-state index contributed by atoms with van der Waals surface area (Å²) in [5.74, 6) is -1.07. The number of hydrogen-bond donors (Lipinski definition) is 2. The second-order valence-electron chi connectivity index (χ2n) is 4.10. The fraction of sp³-hybridized carbons (Fsp3) is 0.0769. The maximum absolute atomic E-state index is 12.1. The van der Waals surface area contributed by atoms with Crippen LogP contribution in [0.2, 0.25) is 10.0 Å². The van der Waals surface area contributed by atoms with Crippen LogP contribution >= 0.6 is 23.2 Å². The van der Waals surface area contributed by atoms with E-state index < -0.39 is 11.9 Å². The summed E-state index contributed by atoms with van der Waals surface area (Å²) < 4.78 is 4.64. The number of nitrogens with two attached hydrogens (primary N) is 1. The quantitative estimate of drug-likeness (QED) is 0.830. The van der Waals surface area contributed by atoms with E-state index in [-0.39, 0.29) is 32.8 Å². The minimum absolute atomic E-state index is 0.0242. The summed E-state index contributed by atoms with van der Waals surface area (Å²) in [4.78, 5) is 23.8. The fourth-order valence-electron chi connectivity index (χ4n) is 1.58. The van der Waals surface area contributed by atoms with Gasteiger partial charge in [-0.2, -0.15) is 0 Å². The molecule has 1 amide bonds. The third-order valence-corrected chi connectivity index (χ3v) is 3.35. The van der Waals surface area contributed by atoms with Gasteiger partial charge in [-0.3, -0.25) is 4.79 Å². The molecule has 1 aromatic heterocycles. The number of aromatic nitrogens is 2. The number of anilines is 2.